The Labute approximate surface area is 140 Å². The van der Waals surface area contributed by atoms with Gasteiger partial charge in [-0.05, 0) is 28.0 Å². The maximum atomic E-state index is 2.40. The SMILES string of the molecule is Cc1cccc([Si](c2ccccc2)(c2ccccc2)C(C)C)c1. The minimum absolute atomic E-state index is 0.578. The molecule has 1 heteroatoms. The van der Waals surface area contributed by atoms with E-state index in [0.29, 0.717) is 5.54 Å². The van der Waals surface area contributed by atoms with Crippen LogP contribution in [0, 0.1) is 6.92 Å². The molecule has 23 heavy (non-hydrogen) atoms. The summed E-state index contributed by atoms with van der Waals surface area (Å²) in [6.45, 7) is 6.96. The van der Waals surface area contributed by atoms with Crippen LogP contribution in [0.1, 0.15) is 19.4 Å². The van der Waals surface area contributed by atoms with Crippen LogP contribution in [0.25, 0.3) is 0 Å². The first-order valence-electron chi connectivity index (χ1n) is 8.34. The molecular formula is C22H24Si. The first kappa shape index (κ1) is 15.8. The molecule has 0 aliphatic rings. The van der Waals surface area contributed by atoms with Gasteiger partial charge < -0.3 is 0 Å². The van der Waals surface area contributed by atoms with Crippen molar-refractivity contribution < 1.29 is 0 Å². The second kappa shape index (κ2) is 6.55. The monoisotopic (exact) mass is 316 g/mol. The summed E-state index contributed by atoms with van der Waals surface area (Å²) in [6.07, 6.45) is 0. The zero-order valence-corrected chi connectivity index (χ0v) is 15.2. The van der Waals surface area contributed by atoms with Gasteiger partial charge in [0.1, 0.15) is 0 Å². The van der Waals surface area contributed by atoms with E-state index in [1.54, 1.807) is 0 Å². The van der Waals surface area contributed by atoms with Gasteiger partial charge in [0, 0.05) is 0 Å². The van der Waals surface area contributed by atoms with Gasteiger partial charge in [0.15, 0.2) is 8.07 Å². The summed E-state index contributed by atoms with van der Waals surface area (Å²) in [5, 5.41) is 4.49. The fraction of sp³-hybridized carbons (Fsp3) is 0.182. The minimum atomic E-state index is -2.03. The van der Waals surface area contributed by atoms with Gasteiger partial charge in [-0.2, -0.15) is 0 Å². The van der Waals surface area contributed by atoms with Gasteiger partial charge in [-0.3, -0.25) is 0 Å². The van der Waals surface area contributed by atoms with Gasteiger partial charge in [0.05, 0.1) is 0 Å². The van der Waals surface area contributed by atoms with E-state index in [4.69, 9.17) is 0 Å². The Morgan fingerprint density at radius 1 is 0.609 bits per heavy atom. The second-order valence-electron chi connectivity index (χ2n) is 6.56. The van der Waals surface area contributed by atoms with Gasteiger partial charge in [0.2, 0.25) is 0 Å². The van der Waals surface area contributed by atoms with Gasteiger partial charge >= 0.3 is 0 Å². The van der Waals surface area contributed by atoms with E-state index in [0.717, 1.165) is 0 Å². The van der Waals surface area contributed by atoms with E-state index in [1.807, 2.05) is 0 Å². The third kappa shape index (κ3) is 2.77. The molecule has 0 spiro atoms. The number of rotatable bonds is 4. The average Bonchev–Trinajstić information content (AvgIpc) is 2.57. The Kier molecular flexibility index (Phi) is 4.49. The quantitative estimate of drug-likeness (QED) is 0.506. The lowest BCUT2D eigenvalue weighted by Gasteiger charge is -2.37. The van der Waals surface area contributed by atoms with Gasteiger partial charge in [-0.25, -0.2) is 0 Å². The topological polar surface area (TPSA) is 0 Å². The first-order valence-corrected chi connectivity index (χ1v) is 10.4. The van der Waals surface area contributed by atoms with Crippen molar-refractivity contribution in [3.8, 4) is 0 Å². The van der Waals surface area contributed by atoms with Crippen LogP contribution in [-0.2, 0) is 0 Å². The standard InChI is InChI=1S/C22H24Si/c1-18(2)23(20-12-6-4-7-13-20,21-14-8-5-9-15-21)22-16-10-11-19(3)17-22/h4-18H,1-3H3. The van der Waals surface area contributed by atoms with Crippen molar-refractivity contribution in [1.82, 2.24) is 0 Å². The third-order valence-electron chi connectivity index (χ3n) is 4.80. The molecule has 0 aromatic heterocycles. The van der Waals surface area contributed by atoms with Crippen LogP contribution in [-0.4, -0.2) is 8.07 Å². The second-order valence-corrected chi connectivity index (χ2v) is 11.1. The Balaban J connectivity index is 2.36. The van der Waals surface area contributed by atoms with Crippen LogP contribution >= 0.6 is 0 Å². The highest BCUT2D eigenvalue weighted by atomic mass is 28.3. The van der Waals surface area contributed by atoms with Crippen LogP contribution in [0.4, 0.5) is 0 Å². The first-order chi connectivity index (χ1) is 11.2. The summed E-state index contributed by atoms with van der Waals surface area (Å²) in [5.41, 5.74) is 1.92. The summed E-state index contributed by atoms with van der Waals surface area (Å²) in [7, 11) is -2.03. The molecule has 3 rings (SSSR count). The Morgan fingerprint density at radius 2 is 1.09 bits per heavy atom. The number of aryl methyl sites for hydroxylation is 1. The van der Waals surface area contributed by atoms with Crippen LogP contribution in [0.2, 0.25) is 5.54 Å². The maximum absolute atomic E-state index is 2.40. The molecule has 3 aromatic carbocycles. The van der Waals surface area contributed by atoms with Crippen molar-refractivity contribution in [2.45, 2.75) is 26.3 Å². The highest BCUT2D eigenvalue weighted by Crippen LogP contribution is 2.22. The van der Waals surface area contributed by atoms with E-state index in [9.17, 15) is 0 Å². The summed E-state index contributed by atoms with van der Waals surface area (Å²) < 4.78 is 0. The predicted octanol–water partition coefficient (Wildman–Crippen LogP) is 3.88. The van der Waals surface area contributed by atoms with Gasteiger partial charge in [-0.1, -0.05) is 104 Å². The molecule has 0 atom stereocenters. The van der Waals surface area contributed by atoms with E-state index in [1.165, 1.54) is 21.1 Å². The molecule has 116 valence electrons. The molecule has 0 aliphatic carbocycles. The normalized spacial score (nSPS) is 11.7. The Hall–Kier alpha value is -2.12. The van der Waals surface area contributed by atoms with Crippen LogP contribution < -0.4 is 15.6 Å². The number of hydrogen-bond acceptors (Lipinski definition) is 0. The zero-order valence-electron chi connectivity index (χ0n) is 14.2. The summed E-state index contributed by atoms with van der Waals surface area (Å²) >= 11 is 0. The van der Waals surface area contributed by atoms with Crippen LogP contribution in [0.3, 0.4) is 0 Å². The molecule has 0 aliphatic heterocycles. The minimum Gasteiger partial charge on any atom is -0.0642 e. The molecule has 0 bridgehead atoms. The Bertz CT molecular complexity index is 721. The van der Waals surface area contributed by atoms with Crippen molar-refractivity contribution >= 4 is 23.6 Å². The lowest BCUT2D eigenvalue weighted by molar-refractivity contribution is 1.04. The lowest BCUT2D eigenvalue weighted by Crippen LogP contribution is -2.69. The molecule has 0 saturated heterocycles. The fourth-order valence-electron chi connectivity index (χ4n) is 3.79. The molecular weight excluding hydrogens is 292 g/mol. The smallest absolute Gasteiger partial charge is 0.0642 e. The molecule has 0 N–H and O–H groups in total. The zero-order chi connectivity index (χ0) is 16.3. The molecule has 0 amide bonds. The maximum Gasteiger partial charge on any atom is 0.150 e. The molecule has 3 aromatic rings. The van der Waals surface area contributed by atoms with Gasteiger partial charge in [0.25, 0.3) is 0 Å². The Morgan fingerprint density at radius 3 is 1.52 bits per heavy atom. The van der Waals surface area contributed by atoms with Gasteiger partial charge in [-0.15, -0.1) is 0 Å². The van der Waals surface area contributed by atoms with Crippen LogP contribution in [0.5, 0.6) is 0 Å². The molecule has 0 fully saturated rings. The molecule has 0 radical (unpaired) electrons. The van der Waals surface area contributed by atoms with Crippen molar-refractivity contribution in [2.75, 3.05) is 0 Å². The lowest BCUT2D eigenvalue weighted by atomic mass is 10.2. The van der Waals surface area contributed by atoms with E-state index in [-0.39, 0.29) is 0 Å². The van der Waals surface area contributed by atoms with Crippen molar-refractivity contribution in [3.63, 3.8) is 0 Å². The summed E-state index contributed by atoms with van der Waals surface area (Å²) in [5.74, 6) is 0. The highest BCUT2D eigenvalue weighted by molar-refractivity contribution is 7.12. The van der Waals surface area contributed by atoms with E-state index < -0.39 is 8.07 Å². The van der Waals surface area contributed by atoms with E-state index in [2.05, 4.69) is 106 Å². The molecule has 0 unspecified atom stereocenters. The fourth-order valence-corrected chi connectivity index (χ4v) is 9.04. The predicted molar refractivity (Wildman–Crippen MR) is 104 cm³/mol. The summed E-state index contributed by atoms with van der Waals surface area (Å²) in [4.78, 5) is 0. The largest absolute Gasteiger partial charge is 0.150 e. The highest BCUT2D eigenvalue weighted by Gasteiger charge is 2.42. The molecule has 0 heterocycles. The number of hydrogen-bond donors (Lipinski definition) is 0. The van der Waals surface area contributed by atoms with E-state index >= 15 is 0 Å². The van der Waals surface area contributed by atoms with Crippen molar-refractivity contribution in [3.05, 3.63) is 90.5 Å². The van der Waals surface area contributed by atoms with Crippen molar-refractivity contribution in [2.24, 2.45) is 0 Å². The third-order valence-corrected chi connectivity index (χ3v) is 10.2. The van der Waals surface area contributed by atoms with Crippen LogP contribution in [0.15, 0.2) is 84.9 Å². The molecule has 0 nitrogen and oxygen atoms in total. The molecule has 0 saturated carbocycles. The average molecular weight is 317 g/mol. The number of benzene rings is 3. The summed E-state index contributed by atoms with van der Waals surface area (Å²) in [6, 6.07) is 31.4. The van der Waals surface area contributed by atoms with Crippen molar-refractivity contribution in [1.29, 1.82) is 0 Å².